The number of aliphatic hydroxyl groups is 4. The van der Waals surface area contributed by atoms with Crippen LogP contribution in [0.4, 0.5) is 4.39 Å². The predicted molar refractivity (Wildman–Crippen MR) is 34.9 cm³/mol. The van der Waals surface area contributed by atoms with Crippen molar-refractivity contribution in [2.45, 2.75) is 30.8 Å². The molecule has 6 heteroatoms. The van der Waals surface area contributed by atoms with Gasteiger partial charge in [0.15, 0.2) is 12.5 Å². The molecule has 5 atom stereocenters. The fourth-order valence-electron chi connectivity index (χ4n) is 1.06. The van der Waals surface area contributed by atoms with Gasteiger partial charge in [-0.1, -0.05) is 0 Å². The Bertz CT molecular complexity index is 150. The monoisotopic (exact) mass is 181 g/mol. The number of ether oxygens (including phenoxy) is 1. The first kappa shape index (κ1) is 9.82. The van der Waals surface area contributed by atoms with Crippen molar-refractivity contribution in [3.05, 3.63) is 0 Å². The molecule has 0 amide bonds. The lowest BCUT2D eigenvalue weighted by Gasteiger charge is -2.36. The third-order valence-electron chi connectivity index (χ3n) is 1.82. The van der Waals surface area contributed by atoms with E-state index in [9.17, 15) is 4.39 Å². The number of halogens is 1. The molecule has 0 spiro atoms. The molecular formula is C6H11FO5. The Kier molecular flexibility index (Phi) is 2.97. The molecule has 1 heterocycles. The second-order valence-electron chi connectivity index (χ2n) is 2.67. The molecule has 0 aromatic carbocycles. The van der Waals surface area contributed by atoms with E-state index in [1.807, 2.05) is 0 Å². The zero-order valence-electron chi connectivity index (χ0n) is 6.17. The molecule has 72 valence electrons. The van der Waals surface area contributed by atoms with E-state index in [0.29, 0.717) is 0 Å². The quantitative estimate of drug-likeness (QED) is 0.367. The molecule has 5 nitrogen and oxygen atoms in total. The van der Waals surface area contributed by atoms with Crippen LogP contribution in [-0.2, 0) is 4.74 Å². The van der Waals surface area contributed by atoms with Crippen molar-refractivity contribution in [2.24, 2.45) is 0 Å². The lowest BCUT2D eigenvalue weighted by molar-refractivity contribution is -0.271. The van der Waals surface area contributed by atoms with Crippen LogP contribution < -0.4 is 0 Å². The van der Waals surface area contributed by atoms with Crippen LogP contribution >= 0.6 is 0 Å². The van der Waals surface area contributed by atoms with Gasteiger partial charge >= 0.3 is 0 Å². The van der Waals surface area contributed by atoms with E-state index >= 15 is 0 Å². The van der Waals surface area contributed by atoms with Gasteiger partial charge in [0.2, 0.25) is 0 Å². The first-order valence-corrected chi connectivity index (χ1v) is 3.52. The number of aliphatic hydroxyl groups excluding tert-OH is 4. The maximum Gasteiger partial charge on any atom is 0.189 e. The lowest BCUT2D eigenvalue weighted by Crippen LogP contribution is -2.56. The summed E-state index contributed by atoms with van der Waals surface area (Å²) < 4.78 is 17.1. The highest BCUT2D eigenvalue weighted by Gasteiger charge is 2.43. The molecule has 1 aliphatic heterocycles. The fourth-order valence-corrected chi connectivity index (χ4v) is 1.06. The average molecular weight is 181 g/mol. The topological polar surface area (TPSA) is 90.2 Å². The summed E-state index contributed by atoms with van der Waals surface area (Å²) >= 11 is 0. The molecule has 1 rings (SSSR count). The Hall–Kier alpha value is -0.270. The third kappa shape index (κ3) is 1.57. The van der Waals surface area contributed by atoms with Crippen LogP contribution in [0, 0.1) is 0 Å². The standard InChI is InChI=1S/C6H11FO5/c7-3-5(10)4(9)2(1-8)12-6(3)11/h2-6,8-11H,1H2/t2-,3-,4-,5+,6?/m1/s1/i7-1. The van der Waals surface area contributed by atoms with Gasteiger partial charge in [0.25, 0.3) is 0 Å². The molecule has 4 N–H and O–H groups in total. The largest absolute Gasteiger partial charge is 0.394 e. The van der Waals surface area contributed by atoms with Crippen molar-refractivity contribution >= 4 is 0 Å². The number of hydrogen-bond acceptors (Lipinski definition) is 5. The SMILES string of the molecule is OC[C@H]1OC(O)[C@H]([18F])[C@H](O)[C@@H]1O. The Balaban J connectivity index is 2.63. The van der Waals surface area contributed by atoms with Gasteiger partial charge < -0.3 is 25.2 Å². The van der Waals surface area contributed by atoms with Crippen molar-refractivity contribution in [3.63, 3.8) is 0 Å². The molecule has 1 unspecified atom stereocenters. The summed E-state index contributed by atoms with van der Waals surface area (Å²) in [6.07, 6.45) is -8.19. The van der Waals surface area contributed by atoms with Gasteiger partial charge in [-0.2, -0.15) is 0 Å². The Morgan fingerprint density at radius 2 is 1.75 bits per heavy atom. The second-order valence-corrected chi connectivity index (χ2v) is 2.67. The van der Waals surface area contributed by atoms with Gasteiger partial charge in [-0.05, 0) is 0 Å². The van der Waals surface area contributed by atoms with Gasteiger partial charge in [-0.25, -0.2) is 4.39 Å². The Morgan fingerprint density at radius 3 is 2.25 bits per heavy atom. The van der Waals surface area contributed by atoms with Gasteiger partial charge in [0.1, 0.15) is 18.3 Å². The molecule has 0 radical (unpaired) electrons. The smallest absolute Gasteiger partial charge is 0.189 e. The van der Waals surface area contributed by atoms with Gasteiger partial charge in [0, 0.05) is 0 Å². The summed E-state index contributed by atoms with van der Waals surface area (Å²) in [5.41, 5.74) is 0. The normalized spacial score (nSPS) is 49.2. The van der Waals surface area contributed by atoms with Crippen LogP contribution in [0.2, 0.25) is 0 Å². The highest BCUT2D eigenvalue weighted by molar-refractivity contribution is 4.88. The van der Waals surface area contributed by atoms with Gasteiger partial charge in [-0.3, -0.25) is 0 Å². The summed E-state index contributed by atoms with van der Waals surface area (Å²) in [4.78, 5) is 0. The highest BCUT2D eigenvalue weighted by atomic mass is 18.2. The molecule has 0 bridgehead atoms. The molecule has 1 saturated heterocycles. The van der Waals surface area contributed by atoms with Crippen molar-refractivity contribution in [3.8, 4) is 0 Å². The minimum Gasteiger partial charge on any atom is -0.394 e. The lowest BCUT2D eigenvalue weighted by atomic mass is 10.0. The molecule has 0 aliphatic carbocycles. The molecule has 0 aromatic heterocycles. The van der Waals surface area contributed by atoms with Crippen LogP contribution in [0.3, 0.4) is 0 Å². The van der Waals surface area contributed by atoms with E-state index < -0.39 is 37.4 Å². The summed E-state index contributed by atoms with van der Waals surface area (Å²) in [6, 6.07) is 0. The van der Waals surface area contributed by atoms with Crippen molar-refractivity contribution in [2.75, 3.05) is 6.61 Å². The highest BCUT2D eigenvalue weighted by Crippen LogP contribution is 2.21. The van der Waals surface area contributed by atoms with Crippen molar-refractivity contribution < 1.29 is 29.6 Å². The average Bonchev–Trinajstić information content (AvgIpc) is 2.08. The van der Waals surface area contributed by atoms with E-state index in [-0.39, 0.29) is 0 Å². The van der Waals surface area contributed by atoms with E-state index in [0.717, 1.165) is 0 Å². The number of rotatable bonds is 1. The molecule has 0 saturated carbocycles. The third-order valence-corrected chi connectivity index (χ3v) is 1.82. The number of hydrogen-bond donors (Lipinski definition) is 4. The molecular weight excluding hydrogens is 170 g/mol. The Labute approximate surface area is 68.0 Å². The molecule has 0 aromatic rings. The zero-order valence-corrected chi connectivity index (χ0v) is 6.17. The summed E-state index contributed by atoms with van der Waals surface area (Å²) in [7, 11) is 0. The maximum atomic E-state index is 12.7. The van der Waals surface area contributed by atoms with Gasteiger partial charge in [-0.15, -0.1) is 0 Å². The van der Waals surface area contributed by atoms with E-state index in [1.54, 1.807) is 0 Å². The van der Waals surface area contributed by atoms with Crippen molar-refractivity contribution in [1.82, 2.24) is 0 Å². The number of alkyl halides is 1. The fraction of sp³-hybridized carbons (Fsp3) is 1.00. The van der Waals surface area contributed by atoms with Crippen LogP contribution in [0.5, 0.6) is 0 Å². The second kappa shape index (κ2) is 3.63. The molecule has 12 heavy (non-hydrogen) atoms. The Morgan fingerprint density at radius 1 is 1.17 bits per heavy atom. The summed E-state index contributed by atoms with van der Waals surface area (Å²) in [6.45, 7) is -0.581. The summed E-state index contributed by atoms with van der Waals surface area (Å²) in [5, 5.41) is 35.3. The minimum absolute atomic E-state index is 0.581. The van der Waals surface area contributed by atoms with Gasteiger partial charge in [0.05, 0.1) is 6.61 Å². The molecule has 1 aliphatic rings. The van der Waals surface area contributed by atoms with E-state index in [2.05, 4.69) is 4.74 Å². The first-order valence-electron chi connectivity index (χ1n) is 3.52. The van der Waals surface area contributed by atoms with E-state index in [1.165, 1.54) is 0 Å². The minimum atomic E-state index is -2.04. The zero-order chi connectivity index (χ0) is 9.30. The first-order chi connectivity index (χ1) is 5.57. The molecule has 1 fully saturated rings. The van der Waals surface area contributed by atoms with E-state index in [4.69, 9.17) is 20.4 Å². The van der Waals surface area contributed by atoms with Crippen LogP contribution in [0.15, 0.2) is 0 Å². The maximum absolute atomic E-state index is 12.7. The van der Waals surface area contributed by atoms with Crippen LogP contribution in [0.25, 0.3) is 0 Å². The van der Waals surface area contributed by atoms with Crippen LogP contribution in [-0.4, -0.2) is 57.8 Å². The predicted octanol–water partition coefficient (Wildman–Crippen LogP) is -2.24. The summed E-state index contributed by atoms with van der Waals surface area (Å²) in [5.74, 6) is 0. The van der Waals surface area contributed by atoms with Crippen molar-refractivity contribution in [1.29, 1.82) is 0 Å². The van der Waals surface area contributed by atoms with Crippen LogP contribution in [0.1, 0.15) is 0 Å².